The Kier molecular flexibility index (Phi) is 3.66. The lowest BCUT2D eigenvalue weighted by Gasteiger charge is -2.07. The normalized spacial score (nSPS) is 12.0. The lowest BCUT2D eigenvalue weighted by molar-refractivity contribution is 0.220. The van der Waals surface area contributed by atoms with Crippen LogP contribution in [0.5, 0.6) is 0 Å². The van der Waals surface area contributed by atoms with Crippen LogP contribution in [0.3, 0.4) is 0 Å². The molecule has 0 aliphatic carbocycles. The summed E-state index contributed by atoms with van der Waals surface area (Å²) in [5.41, 5.74) is 1.63. The van der Waals surface area contributed by atoms with Crippen LogP contribution >= 0.6 is 0 Å². The summed E-state index contributed by atoms with van der Waals surface area (Å²) in [6.45, 7) is 3.18. The van der Waals surface area contributed by atoms with Crippen molar-refractivity contribution in [2.75, 3.05) is 20.1 Å². The van der Waals surface area contributed by atoms with Crippen molar-refractivity contribution in [3.05, 3.63) is 24.3 Å². The molecule has 0 atom stereocenters. The number of aliphatic imine (C=N–C) groups is 1. The van der Waals surface area contributed by atoms with E-state index in [2.05, 4.69) is 20.6 Å². The van der Waals surface area contributed by atoms with Gasteiger partial charge in [0.25, 0.3) is 0 Å². The van der Waals surface area contributed by atoms with Crippen LogP contribution in [0.2, 0.25) is 0 Å². The van der Waals surface area contributed by atoms with Crippen molar-refractivity contribution in [1.82, 2.24) is 20.5 Å². The van der Waals surface area contributed by atoms with Gasteiger partial charge in [0.05, 0.1) is 6.54 Å². The van der Waals surface area contributed by atoms with Gasteiger partial charge in [-0.1, -0.05) is 17.0 Å². The molecule has 0 saturated carbocycles. The van der Waals surface area contributed by atoms with E-state index in [1.54, 1.807) is 0 Å². The maximum Gasteiger partial charge on any atom is 0.234 e. The molecule has 0 amide bonds. The van der Waals surface area contributed by atoms with Crippen molar-refractivity contribution < 1.29 is 4.84 Å². The van der Waals surface area contributed by atoms with Gasteiger partial charge in [-0.05, 0) is 31.3 Å². The molecule has 0 bridgehead atoms. The summed E-state index contributed by atoms with van der Waals surface area (Å²) < 4.78 is 0. The van der Waals surface area contributed by atoms with E-state index < -0.39 is 0 Å². The van der Waals surface area contributed by atoms with Gasteiger partial charge in [-0.2, -0.15) is 0 Å². The van der Waals surface area contributed by atoms with Crippen molar-refractivity contribution in [3.63, 3.8) is 0 Å². The molecule has 2 aromatic rings. The van der Waals surface area contributed by atoms with E-state index in [0.717, 1.165) is 11.0 Å². The second kappa shape index (κ2) is 5.40. The Morgan fingerprint density at radius 2 is 2.29 bits per heavy atom. The molecule has 0 unspecified atom stereocenters. The molecule has 1 aromatic heterocycles. The average molecular weight is 233 g/mol. The zero-order valence-corrected chi connectivity index (χ0v) is 9.92. The molecule has 6 nitrogen and oxygen atoms in total. The molecular formula is C11H15N5O. The third-order valence-corrected chi connectivity index (χ3v) is 2.18. The Morgan fingerprint density at radius 3 is 3.06 bits per heavy atom. The molecule has 1 N–H and O–H groups in total. The molecule has 0 radical (unpaired) electrons. The van der Waals surface area contributed by atoms with Gasteiger partial charge < -0.3 is 10.2 Å². The van der Waals surface area contributed by atoms with Crippen LogP contribution in [0, 0.1) is 0 Å². The smallest absolute Gasteiger partial charge is 0.234 e. The fourth-order valence-electron chi connectivity index (χ4n) is 1.46. The zero-order valence-electron chi connectivity index (χ0n) is 9.92. The van der Waals surface area contributed by atoms with Crippen molar-refractivity contribution in [2.45, 2.75) is 6.92 Å². The molecule has 6 heteroatoms. The minimum absolute atomic E-state index is 0.558. The number of likely N-dealkylation sites (N-methyl/N-ethyl adjacent to an activating group) is 1. The van der Waals surface area contributed by atoms with Gasteiger partial charge in [-0.3, -0.25) is 4.99 Å². The molecule has 0 fully saturated rings. The molecule has 0 spiro atoms. The molecule has 0 saturated heterocycles. The highest BCUT2D eigenvalue weighted by molar-refractivity contribution is 5.80. The van der Waals surface area contributed by atoms with Crippen LogP contribution < -0.4 is 10.2 Å². The maximum absolute atomic E-state index is 5.58. The topological polar surface area (TPSA) is 64.3 Å². The van der Waals surface area contributed by atoms with E-state index in [1.807, 2.05) is 38.2 Å². The van der Waals surface area contributed by atoms with E-state index in [9.17, 15) is 0 Å². The second-order valence-corrected chi connectivity index (χ2v) is 3.44. The van der Waals surface area contributed by atoms with E-state index >= 15 is 0 Å². The van der Waals surface area contributed by atoms with Crippen LogP contribution in [0.25, 0.3) is 11.0 Å². The molecule has 2 rings (SSSR count). The largest absolute Gasteiger partial charge is 0.339 e. The SMILES string of the molecule is CCN=C(CNC)On1nnc2ccccc21. The fraction of sp³-hybridized carbons (Fsp3) is 0.364. The van der Waals surface area contributed by atoms with Crippen LogP contribution in [-0.2, 0) is 0 Å². The number of fused-ring (bicyclic) bond motifs is 1. The van der Waals surface area contributed by atoms with Crippen LogP contribution in [0.4, 0.5) is 0 Å². The molecular weight excluding hydrogens is 218 g/mol. The molecule has 1 heterocycles. The van der Waals surface area contributed by atoms with E-state index in [1.165, 1.54) is 4.85 Å². The summed E-state index contributed by atoms with van der Waals surface area (Å²) in [7, 11) is 1.84. The number of rotatable bonds is 4. The second-order valence-electron chi connectivity index (χ2n) is 3.44. The third kappa shape index (κ3) is 2.59. The van der Waals surface area contributed by atoms with Gasteiger partial charge in [0.2, 0.25) is 5.90 Å². The summed E-state index contributed by atoms with van der Waals surface area (Å²) in [6.07, 6.45) is 0. The summed E-state index contributed by atoms with van der Waals surface area (Å²) >= 11 is 0. The van der Waals surface area contributed by atoms with E-state index in [-0.39, 0.29) is 0 Å². The number of aromatic nitrogens is 3. The number of nitrogens with one attached hydrogen (secondary N) is 1. The van der Waals surface area contributed by atoms with Gasteiger partial charge in [0.15, 0.2) is 0 Å². The van der Waals surface area contributed by atoms with Gasteiger partial charge in [0.1, 0.15) is 11.0 Å². The van der Waals surface area contributed by atoms with Crippen molar-refractivity contribution in [3.8, 4) is 0 Å². The molecule has 0 aliphatic heterocycles. The number of para-hydroxylation sites is 1. The van der Waals surface area contributed by atoms with E-state index in [0.29, 0.717) is 19.0 Å². The Balaban J connectivity index is 2.25. The number of hydrogen-bond acceptors (Lipinski definition) is 5. The summed E-state index contributed by atoms with van der Waals surface area (Å²) in [6, 6.07) is 7.62. The van der Waals surface area contributed by atoms with Gasteiger partial charge >= 0.3 is 0 Å². The summed E-state index contributed by atoms with van der Waals surface area (Å²) in [5, 5.41) is 10.9. The van der Waals surface area contributed by atoms with Crippen LogP contribution in [0.1, 0.15) is 6.92 Å². The monoisotopic (exact) mass is 233 g/mol. The Hall–Kier alpha value is -1.95. The highest BCUT2D eigenvalue weighted by Gasteiger charge is 2.07. The predicted molar refractivity (Wildman–Crippen MR) is 66.0 cm³/mol. The first-order valence-corrected chi connectivity index (χ1v) is 5.52. The molecule has 17 heavy (non-hydrogen) atoms. The molecule has 1 aromatic carbocycles. The quantitative estimate of drug-likeness (QED) is 0.617. The van der Waals surface area contributed by atoms with Gasteiger partial charge in [-0.25, -0.2) is 0 Å². The van der Waals surface area contributed by atoms with Crippen molar-refractivity contribution in [1.29, 1.82) is 0 Å². The highest BCUT2D eigenvalue weighted by Crippen LogP contribution is 2.07. The number of benzene rings is 1. The minimum Gasteiger partial charge on any atom is -0.339 e. The first-order chi connectivity index (χ1) is 8.35. The standard InChI is InChI=1S/C11H15N5O/c1-3-13-11(8-12-2)17-16-10-7-5-4-6-9(10)14-15-16/h4-7,12H,3,8H2,1-2H3. The van der Waals surface area contributed by atoms with Crippen molar-refractivity contribution in [2.24, 2.45) is 4.99 Å². The fourth-order valence-corrected chi connectivity index (χ4v) is 1.46. The zero-order chi connectivity index (χ0) is 12.1. The van der Waals surface area contributed by atoms with Gasteiger partial charge in [0, 0.05) is 6.54 Å². The molecule has 90 valence electrons. The van der Waals surface area contributed by atoms with Crippen molar-refractivity contribution >= 4 is 16.9 Å². The van der Waals surface area contributed by atoms with E-state index in [4.69, 9.17) is 4.84 Å². The Morgan fingerprint density at radius 1 is 1.47 bits per heavy atom. The highest BCUT2D eigenvalue weighted by atomic mass is 16.7. The molecule has 0 aliphatic rings. The summed E-state index contributed by atoms with van der Waals surface area (Å²) in [5.74, 6) is 0.589. The number of nitrogens with zero attached hydrogens (tertiary/aromatic N) is 4. The summed E-state index contributed by atoms with van der Waals surface area (Å²) in [4.78, 5) is 11.2. The lowest BCUT2D eigenvalue weighted by atomic mass is 10.3. The predicted octanol–water partition coefficient (Wildman–Crippen LogP) is 0.498. The van der Waals surface area contributed by atoms with Crippen LogP contribution in [-0.4, -0.2) is 41.2 Å². The maximum atomic E-state index is 5.58. The first kappa shape index (κ1) is 11.5. The average Bonchev–Trinajstić information content (AvgIpc) is 2.74. The number of hydrogen-bond donors (Lipinski definition) is 1. The minimum atomic E-state index is 0.558. The Bertz CT molecular complexity index is 519. The first-order valence-electron chi connectivity index (χ1n) is 5.52. The Labute approximate surface area is 99.2 Å². The van der Waals surface area contributed by atoms with Crippen LogP contribution in [0.15, 0.2) is 29.3 Å². The third-order valence-electron chi connectivity index (χ3n) is 2.18. The van der Waals surface area contributed by atoms with Gasteiger partial charge in [-0.15, -0.1) is 5.10 Å². The lowest BCUT2D eigenvalue weighted by Crippen LogP contribution is -2.30.